The molecule has 1 amide bonds. The maximum atomic E-state index is 12.5. The first-order valence-corrected chi connectivity index (χ1v) is 8.01. The fourth-order valence-electron chi connectivity index (χ4n) is 2.93. The van der Waals surface area contributed by atoms with Crippen molar-refractivity contribution in [2.24, 2.45) is 0 Å². The first-order valence-electron chi connectivity index (χ1n) is 8.01. The number of rotatable bonds is 5. The number of carbonyl (C=O) groups excluding carboxylic acids is 1. The highest BCUT2D eigenvalue weighted by atomic mass is 16.5. The van der Waals surface area contributed by atoms with Crippen LogP contribution in [0.15, 0.2) is 55.2 Å². The van der Waals surface area contributed by atoms with E-state index < -0.39 is 0 Å². The molecular weight excluding hydrogens is 318 g/mol. The van der Waals surface area contributed by atoms with Gasteiger partial charge >= 0.3 is 0 Å². The van der Waals surface area contributed by atoms with Crippen LogP contribution < -0.4 is 10.1 Å². The van der Waals surface area contributed by atoms with Gasteiger partial charge in [-0.15, -0.1) is 0 Å². The lowest BCUT2D eigenvalue weighted by atomic mass is 10.1. The molecule has 25 heavy (non-hydrogen) atoms. The third-order valence-corrected chi connectivity index (χ3v) is 4.31. The van der Waals surface area contributed by atoms with E-state index >= 15 is 0 Å². The van der Waals surface area contributed by atoms with Crippen molar-refractivity contribution in [3.63, 3.8) is 0 Å². The number of para-hydroxylation sites is 1. The summed E-state index contributed by atoms with van der Waals surface area (Å²) in [6.07, 6.45) is 5.47. The highest BCUT2D eigenvalue weighted by Crippen LogP contribution is 2.44. The predicted molar refractivity (Wildman–Crippen MR) is 90.8 cm³/mol. The molecule has 0 radical (unpaired) electrons. The average Bonchev–Trinajstić information content (AvgIpc) is 3.19. The van der Waals surface area contributed by atoms with Crippen LogP contribution in [-0.2, 0) is 0 Å². The zero-order valence-corrected chi connectivity index (χ0v) is 13.7. The summed E-state index contributed by atoms with van der Waals surface area (Å²) in [4.78, 5) is 20.6. The normalized spacial score (nSPS) is 18.6. The summed E-state index contributed by atoms with van der Waals surface area (Å²) in [7, 11) is 1.66. The molecule has 2 atom stereocenters. The SMILES string of the molecule is COc1ccccc1C1CC1NC(=O)c1ccnc(-n2cncn2)c1. The number of aromatic nitrogens is 4. The van der Waals surface area contributed by atoms with Gasteiger partial charge in [-0.2, -0.15) is 5.10 Å². The molecule has 1 aromatic carbocycles. The lowest BCUT2D eigenvalue weighted by Crippen LogP contribution is -2.26. The van der Waals surface area contributed by atoms with Crippen molar-refractivity contribution in [2.75, 3.05) is 7.11 Å². The number of nitrogens with one attached hydrogen (secondary N) is 1. The molecule has 0 bridgehead atoms. The number of carbonyl (C=O) groups is 1. The van der Waals surface area contributed by atoms with Crippen LogP contribution in [0, 0.1) is 0 Å². The number of hydrogen-bond acceptors (Lipinski definition) is 5. The molecule has 126 valence electrons. The topological polar surface area (TPSA) is 81.9 Å². The Morgan fingerprint density at radius 1 is 1.32 bits per heavy atom. The summed E-state index contributed by atoms with van der Waals surface area (Å²) in [6.45, 7) is 0. The number of benzene rings is 1. The Labute approximate surface area is 144 Å². The Hall–Kier alpha value is -3.22. The van der Waals surface area contributed by atoms with Crippen molar-refractivity contribution in [2.45, 2.75) is 18.4 Å². The molecule has 0 spiro atoms. The van der Waals surface area contributed by atoms with Crippen LogP contribution in [0.4, 0.5) is 0 Å². The second kappa shape index (κ2) is 6.35. The molecule has 0 saturated heterocycles. The van der Waals surface area contributed by atoms with E-state index in [4.69, 9.17) is 4.74 Å². The van der Waals surface area contributed by atoms with Crippen molar-refractivity contribution in [3.05, 3.63) is 66.4 Å². The van der Waals surface area contributed by atoms with Crippen LogP contribution in [0.3, 0.4) is 0 Å². The van der Waals surface area contributed by atoms with Crippen LogP contribution >= 0.6 is 0 Å². The Kier molecular flexibility index (Phi) is 3.89. The zero-order valence-electron chi connectivity index (χ0n) is 13.7. The lowest BCUT2D eigenvalue weighted by molar-refractivity contribution is 0.0950. The highest BCUT2D eigenvalue weighted by molar-refractivity contribution is 5.95. The van der Waals surface area contributed by atoms with Crippen molar-refractivity contribution < 1.29 is 9.53 Å². The van der Waals surface area contributed by atoms with E-state index in [0.717, 1.165) is 17.7 Å². The Bertz CT molecular complexity index is 894. The van der Waals surface area contributed by atoms with E-state index in [0.29, 0.717) is 11.4 Å². The molecule has 3 aromatic rings. The standard InChI is InChI=1S/C18H17N5O2/c1-25-16-5-3-2-4-13(16)14-9-15(14)22-18(24)12-6-7-20-17(8-12)23-11-19-10-21-23/h2-8,10-11,14-15H,9H2,1H3,(H,22,24). The molecule has 2 heterocycles. The van der Waals surface area contributed by atoms with E-state index in [9.17, 15) is 4.79 Å². The van der Waals surface area contributed by atoms with Gasteiger partial charge in [0, 0.05) is 23.7 Å². The summed E-state index contributed by atoms with van der Waals surface area (Å²) in [5, 5.41) is 7.10. The molecule has 1 N–H and O–H groups in total. The van der Waals surface area contributed by atoms with Crippen molar-refractivity contribution in [1.82, 2.24) is 25.1 Å². The van der Waals surface area contributed by atoms with Crippen molar-refractivity contribution >= 4 is 5.91 Å². The maximum Gasteiger partial charge on any atom is 0.251 e. The fraction of sp³-hybridized carbons (Fsp3) is 0.222. The summed E-state index contributed by atoms with van der Waals surface area (Å²) < 4.78 is 6.92. The first kappa shape index (κ1) is 15.3. The molecule has 7 heteroatoms. The third-order valence-electron chi connectivity index (χ3n) is 4.31. The largest absolute Gasteiger partial charge is 0.496 e. The van der Waals surface area contributed by atoms with Crippen LogP contribution in [0.2, 0.25) is 0 Å². The van der Waals surface area contributed by atoms with Gasteiger partial charge in [-0.25, -0.2) is 14.6 Å². The first-order chi connectivity index (χ1) is 12.3. The number of amides is 1. The van der Waals surface area contributed by atoms with Crippen molar-refractivity contribution in [1.29, 1.82) is 0 Å². The third kappa shape index (κ3) is 3.08. The van der Waals surface area contributed by atoms with E-state index in [1.54, 1.807) is 31.8 Å². The zero-order chi connectivity index (χ0) is 17.2. The fourth-order valence-corrected chi connectivity index (χ4v) is 2.93. The second-order valence-electron chi connectivity index (χ2n) is 5.91. The molecule has 2 aromatic heterocycles. The van der Waals surface area contributed by atoms with Gasteiger partial charge in [-0.3, -0.25) is 4.79 Å². The molecule has 1 aliphatic carbocycles. The van der Waals surface area contributed by atoms with Gasteiger partial charge in [0.15, 0.2) is 5.82 Å². The number of nitrogens with zero attached hydrogens (tertiary/aromatic N) is 4. The Morgan fingerprint density at radius 3 is 3.00 bits per heavy atom. The summed E-state index contributed by atoms with van der Waals surface area (Å²) in [5.74, 6) is 1.59. The minimum Gasteiger partial charge on any atom is -0.496 e. The molecule has 4 rings (SSSR count). The molecule has 7 nitrogen and oxygen atoms in total. The van der Waals surface area contributed by atoms with Gasteiger partial charge in [0.05, 0.1) is 7.11 Å². The summed E-state index contributed by atoms with van der Waals surface area (Å²) in [6, 6.07) is 11.4. The van der Waals surface area contributed by atoms with Crippen LogP contribution in [0.1, 0.15) is 28.3 Å². The van der Waals surface area contributed by atoms with E-state index in [1.807, 2.05) is 24.3 Å². The van der Waals surface area contributed by atoms with E-state index in [1.165, 1.54) is 11.0 Å². The van der Waals surface area contributed by atoms with Gasteiger partial charge in [-0.1, -0.05) is 18.2 Å². The van der Waals surface area contributed by atoms with E-state index in [-0.39, 0.29) is 17.9 Å². The maximum absolute atomic E-state index is 12.5. The molecule has 2 unspecified atom stereocenters. The number of methoxy groups -OCH3 is 1. The van der Waals surface area contributed by atoms with Crippen molar-refractivity contribution in [3.8, 4) is 11.6 Å². The minimum absolute atomic E-state index is 0.117. The second-order valence-corrected chi connectivity index (χ2v) is 5.91. The van der Waals surface area contributed by atoms with Gasteiger partial charge in [0.2, 0.25) is 0 Å². The number of pyridine rings is 1. The van der Waals surface area contributed by atoms with Gasteiger partial charge < -0.3 is 10.1 Å². The number of ether oxygens (including phenoxy) is 1. The highest BCUT2D eigenvalue weighted by Gasteiger charge is 2.41. The van der Waals surface area contributed by atoms with Gasteiger partial charge in [-0.05, 0) is 30.2 Å². The predicted octanol–water partition coefficient (Wildman–Crippen LogP) is 1.96. The summed E-state index contributed by atoms with van der Waals surface area (Å²) in [5.41, 5.74) is 1.68. The lowest BCUT2D eigenvalue weighted by Gasteiger charge is -2.09. The van der Waals surface area contributed by atoms with Gasteiger partial charge in [0.25, 0.3) is 5.91 Å². The van der Waals surface area contributed by atoms with E-state index in [2.05, 4.69) is 20.4 Å². The molecule has 1 aliphatic rings. The van der Waals surface area contributed by atoms with Gasteiger partial charge in [0.1, 0.15) is 18.4 Å². The summed E-state index contributed by atoms with van der Waals surface area (Å²) >= 11 is 0. The molecule has 0 aliphatic heterocycles. The Balaban J connectivity index is 1.46. The van der Waals surface area contributed by atoms with Crippen LogP contribution in [0.5, 0.6) is 5.75 Å². The molecular formula is C18H17N5O2. The smallest absolute Gasteiger partial charge is 0.251 e. The number of hydrogen-bond donors (Lipinski definition) is 1. The quantitative estimate of drug-likeness (QED) is 0.771. The monoisotopic (exact) mass is 335 g/mol. The molecule has 1 fully saturated rings. The Morgan fingerprint density at radius 2 is 2.20 bits per heavy atom. The van der Waals surface area contributed by atoms with Crippen LogP contribution in [-0.4, -0.2) is 38.8 Å². The average molecular weight is 335 g/mol. The van der Waals surface area contributed by atoms with Crippen LogP contribution in [0.25, 0.3) is 5.82 Å². The molecule has 1 saturated carbocycles. The minimum atomic E-state index is -0.119.